The maximum absolute atomic E-state index is 11.3. The first-order valence-corrected chi connectivity index (χ1v) is 11.4. The highest BCUT2D eigenvalue weighted by molar-refractivity contribution is 7.80. The first kappa shape index (κ1) is 20.7. The zero-order valence-corrected chi connectivity index (χ0v) is 18.6. The number of carboxylic acids is 1. The van der Waals surface area contributed by atoms with Gasteiger partial charge in [-0.25, -0.2) is 4.79 Å². The average Bonchev–Trinajstić information content (AvgIpc) is 3.53. The Bertz CT molecular complexity index is 1150. The predicted octanol–water partition coefficient (Wildman–Crippen LogP) is 5.26. The van der Waals surface area contributed by atoms with Gasteiger partial charge in [0, 0.05) is 17.8 Å². The molecule has 0 amide bonds. The van der Waals surface area contributed by atoms with Gasteiger partial charge < -0.3 is 19.7 Å². The van der Waals surface area contributed by atoms with Gasteiger partial charge in [0.05, 0.1) is 17.3 Å². The molecule has 2 aliphatic rings. The van der Waals surface area contributed by atoms with Gasteiger partial charge in [0.2, 0.25) is 0 Å². The second-order valence-corrected chi connectivity index (χ2v) is 8.90. The Morgan fingerprint density at radius 2 is 2.00 bits per heavy atom. The highest BCUT2D eigenvalue weighted by atomic mass is 32.1. The molecule has 1 saturated heterocycles. The Morgan fingerprint density at radius 3 is 2.69 bits per heavy atom. The molecule has 1 aliphatic carbocycles. The molecule has 2 aromatic heterocycles. The van der Waals surface area contributed by atoms with Crippen LogP contribution in [0.25, 0.3) is 11.3 Å². The van der Waals surface area contributed by atoms with Crippen molar-refractivity contribution in [3.63, 3.8) is 0 Å². The Labute approximate surface area is 192 Å². The molecule has 7 heteroatoms. The van der Waals surface area contributed by atoms with Crippen LogP contribution in [0.2, 0.25) is 0 Å². The van der Waals surface area contributed by atoms with E-state index in [9.17, 15) is 9.90 Å². The lowest BCUT2D eigenvalue weighted by Crippen LogP contribution is -2.37. The number of pyridine rings is 1. The lowest BCUT2D eigenvalue weighted by molar-refractivity contribution is 0.0697. The molecule has 5 rings (SSSR count). The third-order valence-corrected chi connectivity index (χ3v) is 6.84. The second kappa shape index (κ2) is 8.39. The first-order valence-electron chi connectivity index (χ1n) is 11.0. The summed E-state index contributed by atoms with van der Waals surface area (Å²) in [6, 6.07) is 15.2. The average molecular weight is 448 g/mol. The molecule has 1 saturated carbocycles. The second-order valence-electron chi connectivity index (χ2n) is 8.51. The van der Waals surface area contributed by atoms with Crippen LogP contribution in [0.15, 0.2) is 59.1 Å². The Hall–Kier alpha value is -3.19. The van der Waals surface area contributed by atoms with Crippen LogP contribution in [-0.4, -0.2) is 32.1 Å². The van der Waals surface area contributed by atoms with Crippen molar-refractivity contribution in [3.8, 4) is 11.3 Å². The number of hydrogen-bond donors (Lipinski definition) is 2. The van der Waals surface area contributed by atoms with Gasteiger partial charge in [-0.05, 0) is 73.9 Å². The highest BCUT2D eigenvalue weighted by Gasteiger charge is 2.45. The molecular weight excluding hydrogens is 422 g/mol. The number of furan rings is 1. The van der Waals surface area contributed by atoms with Crippen molar-refractivity contribution < 1.29 is 14.3 Å². The molecule has 3 aromatic rings. The van der Waals surface area contributed by atoms with Crippen LogP contribution in [0.3, 0.4) is 0 Å². The molecular formula is C25H25N3O3S. The zero-order chi connectivity index (χ0) is 22.2. The molecule has 1 aromatic carbocycles. The predicted molar refractivity (Wildman–Crippen MR) is 125 cm³/mol. The molecule has 164 valence electrons. The molecule has 0 bridgehead atoms. The third kappa shape index (κ3) is 3.66. The number of benzene rings is 1. The fourth-order valence-electron chi connectivity index (χ4n) is 4.98. The van der Waals surface area contributed by atoms with Crippen molar-refractivity contribution in [1.82, 2.24) is 15.2 Å². The van der Waals surface area contributed by atoms with E-state index in [0.717, 1.165) is 46.3 Å². The molecule has 2 atom stereocenters. The number of aromatic nitrogens is 1. The topological polar surface area (TPSA) is 78.6 Å². The van der Waals surface area contributed by atoms with Gasteiger partial charge >= 0.3 is 5.97 Å². The van der Waals surface area contributed by atoms with Crippen LogP contribution in [0.1, 0.15) is 65.1 Å². The fourth-order valence-corrected chi connectivity index (χ4v) is 5.37. The van der Waals surface area contributed by atoms with E-state index in [0.29, 0.717) is 6.04 Å². The van der Waals surface area contributed by atoms with E-state index < -0.39 is 5.97 Å². The number of aromatic carboxylic acids is 1. The lowest BCUT2D eigenvalue weighted by atomic mass is 10.0. The number of aryl methyl sites for hydroxylation is 1. The summed E-state index contributed by atoms with van der Waals surface area (Å²) in [4.78, 5) is 18.2. The first-order chi connectivity index (χ1) is 15.5. The van der Waals surface area contributed by atoms with E-state index in [1.165, 1.54) is 12.8 Å². The SMILES string of the molecule is Cc1cc(C(=O)O)ccc1-c1ccc(C2C(c3ccccn3)NC(=S)N2C2CCCC2)o1. The number of nitrogens with zero attached hydrogens (tertiary/aromatic N) is 2. The van der Waals surface area contributed by atoms with Crippen LogP contribution in [0.5, 0.6) is 0 Å². The normalized spacial score (nSPS) is 21.2. The third-order valence-electron chi connectivity index (χ3n) is 6.51. The van der Waals surface area contributed by atoms with Crippen molar-refractivity contribution in [2.75, 3.05) is 0 Å². The Balaban J connectivity index is 1.54. The van der Waals surface area contributed by atoms with Crippen LogP contribution < -0.4 is 5.32 Å². The van der Waals surface area contributed by atoms with Gasteiger partial charge in [-0.2, -0.15) is 0 Å². The minimum atomic E-state index is -0.935. The minimum absolute atomic E-state index is 0.0900. The molecule has 3 heterocycles. The number of rotatable bonds is 5. The number of carboxylic acid groups (broad SMARTS) is 1. The molecule has 0 radical (unpaired) electrons. The van der Waals surface area contributed by atoms with Gasteiger partial charge in [0.1, 0.15) is 17.6 Å². The zero-order valence-electron chi connectivity index (χ0n) is 17.8. The van der Waals surface area contributed by atoms with E-state index in [1.54, 1.807) is 18.3 Å². The van der Waals surface area contributed by atoms with E-state index in [4.69, 9.17) is 16.6 Å². The van der Waals surface area contributed by atoms with Crippen LogP contribution in [0.4, 0.5) is 0 Å². The highest BCUT2D eigenvalue weighted by Crippen LogP contribution is 2.44. The number of hydrogen-bond acceptors (Lipinski definition) is 4. The number of thiocarbonyl (C=S) groups is 1. The maximum atomic E-state index is 11.3. The molecule has 2 N–H and O–H groups in total. The Morgan fingerprint density at radius 1 is 1.19 bits per heavy atom. The van der Waals surface area contributed by atoms with Gasteiger partial charge in [-0.15, -0.1) is 0 Å². The van der Waals surface area contributed by atoms with E-state index in [-0.39, 0.29) is 17.6 Å². The van der Waals surface area contributed by atoms with Crippen LogP contribution >= 0.6 is 12.2 Å². The molecule has 1 aliphatic heterocycles. The molecule has 2 unspecified atom stereocenters. The molecule has 0 spiro atoms. The van der Waals surface area contributed by atoms with Gasteiger partial charge in [-0.1, -0.05) is 25.0 Å². The fraction of sp³-hybridized carbons (Fsp3) is 0.320. The van der Waals surface area contributed by atoms with Crippen molar-refractivity contribution in [1.29, 1.82) is 0 Å². The maximum Gasteiger partial charge on any atom is 0.335 e. The largest absolute Gasteiger partial charge is 0.478 e. The minimum Gasteiger partial charge on any atom is -0.478 e. The van der Waals surface area contributed by atoms with Gasteiger partial charge in [0.15, 0.2) is 5.11 Å². The summed E-state index contributed by atoms with van der Waals surface area (Å²) in [5.41, 5.74) is 2.95. The molecule has 32 heavy (non-hydrogen) atoms. The summed E-state index contributed by atoms with van der Waals surface area (Å²) < 4.78 is 6.41. The number of nitrogens with one attached hydrogen (secondary N) is 1. The molecule has 6 nitrogen and oxygen atoms in total. The monoisotopic (exact) mass is 447 g/mol. The van der Waals surface area contributed by atoms with Crippen molar-refractivity contribution in [3.05, 3.63) is 77.3 Å². The van der Waals surface area contributed by atoms with Crippen LogP contribution in [-0.2, 0) is 0 Å². The van der Waals surface area contributed by atoms with E-state index in [1.807, 2.05) is 43.3 Å². The smallest absolute Gasteiger partial charge is 0.335 e. The van der Waals surface area contributed by atoms with Gasteiger partial charge in [0.25, 0.3) is 0 Å². The summed E-state index contributed by atoms with van der Waals surface area (Å²) >= 11 is 5.78. The lowest BCUT2D eigenvalue weighted by Gasteiger charge is -2.31. The summed E-state index contributed by atoms with van der Waals surface area (Å²) in [7, 11) is 0. The standard InChI is InChI=1S/C25H25N3O3S/c1-15-14-16(24(29)30)9-10-18(15)20-11-12-21(31-20)23-22(19-8-4-5-13-26-19)27-25(32)28(23)17-6-2-3-7-17/h4-5,8-14,17,22-23H,2-3,6-7H2,1H3,(H,27,32)(H,29,30). The van der Waals surface area contributed by atoms with E-state index >= 15 is 0 Å². The summed E-state index contributed by atoms with van der Waals surface area (Å²) in [6.45, 7) is 1.90. The van der Waals surface area contributed by atoms with E-state index in [2.05, 4.69) is 15.2 Å². The van der Waals surface area contributed by atoms with Gasteiger partial charge in [-0.3, -0.25) is 4.98 Å². The quantitative estimate of drug-likeness (QED) is 0.516. The van der Waals surface area contributed by atoms with Crippen molar-refractivity contribution in [2.24, 2.45) is 0 Å². The summed E-state index contributed by atoms with van der Waals surface area (Å²) in [5, 5.41) is 13.5. The number of carbonyl (C=O) groups is 1. The Kier molecular flexibility index (Phi) is 5.43. The summed E-state index contributed by atoms with van der Waals surface area (Å²) in [5.74, 6) is 0.616. The van der Waals surface area contributed by atoms with Crippen molar-refractivity contribution in [2.45, 2.75) is 50.7 Å². The van der Waals surface area contributed by atoms with Crippen LogP contribution in [0, 0.1) is 6.92 Å². The molecule has 2 fully saturated rings. The summed E-state index contributed by atoms with van der Waals surface area (Å²) in [6.07, 6.45) is 6.47. The van der Waals surface area contributed by atoms with Crippen molar-refractivity contribution >= 4 is 23.3 Å².